The van der Waals surface area contributed by atoms with E-state index in [0.717, 1.165) is 31.5 Å². The summed E-state index contributed by atoms with van der Waals surface area (Å²) in [6.45, 7) is 4.36. The fourth-order valence-corrected chi connectivity index (χ4v) is 4.32. The van der Waals surface area contributed by atoms with Crippen LogP contribution in [0.3, 0.4) is 0 Å². The van der Waals surface area contributed by atoms with Gasteiger partial charge < -0.3 is 10.6 Å². The molecule has 0 atom stereocenters. The molecular weight excluding hydrogens is 391 g/mol. The molecule has 1 aliphatic rings. The molecule has 0 unspecified atom stereocenters. The van der Waals surface area contributed by atoms with Crippen molar-refractivity contribution in [3.8, 4) is 0 Å². The molecule has 1 aliphatic heterocycles. The van der Waals surface area contributed by atoms with Gasteiger partial charge in [-0.05, 0) is 54.2 Å². The highest BCUT2D eigenvalue weighted by molar-refractivity contribution is 7.89. The first-order chi connectivity index (χ1) is 13.8. The van der Waals surface area contributed by atoms with Crippen molar-refractivity contribution in [3.63, 3.8) is 0 Å². The molecule has 0 radical (unpaired) electrons. The zero-order valence-electron chi connectivity index (χ0n) is 16.5. The maximum absolute atomic E-state index is 13.3. The van der Waals surface area contributed by atoms with Gasteiger partial charge >= 0.3 is 0 Å². The van der Waals surface area contributed by atoms with Crippen molar-refractivity contribution in [2.24, 2.45) is 16.6 Å². The van der Waals surface area contributed by atoms with Gasteiger partial charge in [0, 0.05) is 19.6 Å². The number of halogens is 1. The number of aliphatic imine (C=N–C) groups is 1. The molecule has 2 aromatic carbocycles. The zero-order chi connectivity index (χ0) is 20.9. The lowest BCUT2D eigenvalue weighted by molar-refractivity contribution is 0.277. The van der Waals surface area contributed by atoms with E-state index in [2.05, 4.69) is 21.5 Å². The van der Waals surface area contributed by atoms with E-state index in [0.29, 0.717) is 24.0 Å². The summed E-state index contributed by atoms with van der Waals surface area (Å²) < 4.78 is 40.9. The fraction of sp³-hybridized carbons (Fsp3) is 0.381. The van der Waals surface area contributed by atoms with Crippen LogP contribution in [0.15, 0.2) is 58.4 Å². The summed E-state index contributed by atoms with van der Waals surface area (Å²) in [5, 5.41) is 0. The summed E-state index contributed by atoms with van der Waals surface area (Å²) in [5.41, 5.74) is 7.41. The van der Waals surface area contributed by atoms with E-state index in [1.54, 1.807) is 24.3 Å². The first-order valence-electron chi connectivity index (χ1n) is 9.71. The number of benzene rings is 2. The predicted octanol–water partition coefficient (Wildman–Crippen LogP) is 2.85. The Hall–Kier alpha value is -2.45. The van der Waals surface area contributed by atoms with Crippen LogP contribution < -0.4 is 10.5 Å². The minimum absolute atomic E-state index is 0.0167. The monoisotopic (exact) mass is 418 g/mol. The minimum Gasteiger partial charge on any atom is -0.370 e. The molecule has 0 aliphatic carbocycles. The van der Waals surface area contributed by atoms with Gasteiger partial charge in [-0.25, -0.2) is 22.5 Å². The molecule has 1 fully saturated rings. The Morgan fingerprint density at radius 3 is 2.59 bits per heavy atom. The van der Waals surface area contributed by atoms with Crippen LogP contribution in [-0.2, 0) is 23.1 Å². The lowest BCUT2D eigenvalue weighted by Gasteiger charge is -2.31. The van der Waals surface area contributed by atoms with Crippen molar-refractivity contribution >= 4 is 16.0 Å². The van der Waals surface area contributed by atoms with Crippen molar-refractivity contribution in [1.29, 1.82) is 0 Å². The van der Waals surface area contributed by atoms with Crippen LogP contribution in [0.5, 0.6) is 0 Å². The summed E-state index contributed by atoms with van der Waals surface area (Å²) >= 11 is 0. The van der Waals surface area contributed by atoms with Gasteiger partial charge in [-0.1, -0.05) is 31.2 Å². The molecule has 6 nitrogen and oxygen atoms in total. The van der Waals surface area contributed by atoms with E-state index < -0.39 is 15.8 Å². The van der Waals surface area contributed by atoms with Crippen LogP contribution in [0, 0.1) is 11.7 Å². The normalized spacial score (nSPS) is 16.2. The summed E-state index contributed by atoms with van der Waals surface area (Å²) in [5.74, 6) is 0.803. The third kappa shape index (κ3) is 6.01. The molecule has 0 bridgehead atoms. The van der Waals surface area contributed by atoms with Gasteiger partial charge in [-0.3, -0.25) is 0 Å². The molecule has 1 saturated heterocycles. The number of nitrogens with zero attached hydrogens (tertiary/aromatic N) is 2. The Labute approximate surface area is 171 Å². The maximum atomic E-state index is 13.3. The summed E-state index contributed by atoms with van der Waals surface area (Å²) in [4.78, 5) is 6.65. The van der Waals surface area contributed by atoms with Crippen LogP contribution in [0.2, 0.25) is 0 Å². The lowest BCUT2D eigenvalue weighted by atomic mass is 10.00. The highest BCUT2D eigenvalue weighted by atomic mass is 32.2. The van der Waals surface area contributed by atoms with Gasteiger partial charge in [0.15, 0.2) is 5.96 Å². The molecule has 8 heteroatoms. The number of nitrogens with one attached hydrogen (secondary N) is 1. The van der Waals surface area contributed by atoms with E-state index in [4.69, 9.17) is 5.73 Å². The van der Waals surface area contributed by atoms with Gasteiger partial charge in [-0.15, -0.1) is 0 Å². The molecule has 0 amide bonds. The number of nitrogens with two attached hydrogens (primary N) is 1. The largest absolute Gasteiger partial charge is 0.370 e. The van der Waals surface area contributed by atoms with Crippen molar-refractivity contribution in [2.75, 3.05) is 13.1 Å². The van der Waals surface area contributed by atoms with Crippen LogP contribution in [0.1, 0.15) is 30.9 Å². The first-order valence-corrected chi connectivity index (χ1v) is 11.2. The highest BCUT2D eigenvalue weighted by Crippen LogP contribution is 2.16. The first kappa shape index (κ1) is 21.3. The van der Waals surface area contributed by atoms with E-state index in [9.17, 15) is 12.8 Å². The van der Waals surface area contributed by atoms with Gasteiger partial charge in [0.2, 0.25) is 10.0 Å². The van der Waals surface area contributed by atoms with Crippen molar-refractivity contribution in [1.82, 2.24) is 9.62 Å². The van der Waals surface area contributed by atoms with Crippen LogP contribution in [0.25, 0.3) is 0 Å². The Morgan fingerprint density at radius 2 is 1.86 bits per heavy atom. The second-order valence-electron chi connectivity index (χ2n) is 7.45. The molecule has 0 aromatic heterocycles. The van der Waals surface area contributed by atoms with E-state index in [1.165, 1.54) is 18.2 Å². The summed E-state index contributed by atoms with van der Waals surface area (Å²) in [6.07, 6.45) is 2.20. The smallest absolute Gasteiger partial charge is 0.240 e. The number of likely N-dealkylation sites (tertiary alicyclic amines) is 1. The van der Waals surface area contributed by atoms with Crippen LogP contribution >= 0.6 is 0 Å². The molecule has 29 heavy (non-hydrogen) atoms. The maximum Gasteiger partial charge on any atom is 0.240 e. The molecule has 3 rings (SSSR count). The van der Waals surface area contributed by atoms with Crippen LogP contribution in [0.4, 0.5) is 4.39 Å². The quantitative estimate of drug-likeness (QED) is 0.558. The molecule has 1 heterocycles. The predicted molar refractivity (Wildman–Crippen MR) is 112 cm³/mol. The average molecular weight is 419 g/mol. The molecule has 156 valence electrons. The highest BCUT2D eigenvalue weighted by Gasteiger charge is 2.17. The zero-order valence-corrected chi connectivity index (χ0v) is 17.3. The number of rotatable bonds is 6. The van der Waals surface area contributed by atoms with Crippen molar-refractivity contribution in [2.45, 2.75) is 37.8 Å². The summed E-state index contributed by atoms with van der Waals surface area (Å²) in [7, 11) is -3.72. The molecule has 3 N–H and O–H groups in total. The van der Waals surface area contributed by atoms with E-state index >= 15 is 0 Å². The van der Waals surface area contributed by atoms with E-state index in [-0.39, 0.29) is 11.4 Å². The minimum atomic E-state index is -3.72. The molecule has 2 aromatic rings. The van der Waals surface area contributed by atoms with Gasteiger partial charge in [-0.2, -0.15) is 0 Å². The van der Waals surface area contributed by atoms with Gasteiger partial charge in [0.05, 0.1) is 11.4 Å². The Kier molecular flexibility index (Phi) is 6.87. The lowest BCUT2D eigenvalue weighted by Crippen LogP contribution is -2.42. The Balaban J connectivity index is 1.64. The molecular formula is C21H27FN4O2S. The van der Waals surface area contributed by atoms with E-state index in [1.807, 2.05) is 6.07 Å². The standard InChI is InChI=1S/C21H27FN4O2S/c1-16-8-10-26(11-9-16)21(23)24-14-18-5-3-7-20(13-18)29(27,28)25-15-17-4-2-6-19(22)12-17/h2-7,12-13,16,25H,8-11,14-15H2,1H3,(H2,23,24). The average Bonchev–Trinajstić information content (AvgIpc) is 2.71. The van der Waals surface area contributed by atoms with Crippen LogP contribution in [-0.4, -0.2) is 32.4 Å². The third-order valence-electron chi connectivity index (χ3n) is 5.10. The molecule has 0 spiro atoms. The van der Waals surface area contributed by atoms with Crippen molar-refractivity contribution in [3.05, 3.63) is 65.5 Å². The number of piperidine rings is 1. The summed E-state index contributed by atoms with van der Waals surface area (Å²) in [6, 6.07) is 12.4. The number of guanidine groups is 1. The number of sulfonamides is 1. The second kappa shape index (κ2) is 9.37. The fourth-order valence-electron chi connectivity index (χ4n) is 3.23. The van der Waals surface area contributed by atoms with Crippen molar-refractivity contribution < 1.29 is 12.8 Å². The Bertz CT molecular complexity index is 970. The molecule has 0 saturated carbocycles. The number of hydrogen-bond donors (Lipinski definition) is 2. The Morgan fingerprint density at radius 1 is 1.17 bits per heavy atom. The van der Waals surface area contributed by atoms with Gasteiger partial charge in [0.1, 0.15) is 5.82 Å². The van der Waals surface area contributed by atoms with Gasteiger partial charge in [0.25, 0.3) is 0 Å². The third-order valence-corrected chi connectivity index (χ3v) is 6.49. The SMILES string of the molecule is CC1CCN(C(N)=NCc2cccc(S(=O)(=O)NCc3cccc(F)c3)c2)CC1. The topological polar surface area (TPSA) is 87.8 Å². The number of hydrogen-bond acceptors (Lipinski definition) is 3. The second-order valence-corrected chi connectivity index (χ2v) is 9.21.